The molecule has 1 unspecified atom stereocenters. The summed E-state index contributed by atoms with van der Waals surface area (Å²) in [5.74, 6) is 0.837. The highest BCUT2D eigenvalue weighted by molar-refractivity contribution is 5.95. The van der Waals surface area contributed by atoms with E-state index in [1.807, 2.05) is 31.2 Å². The number of hydrogen-bond acceptors (Lipinski definition) is 2. The van der Waals surface area contributed by atoms with Gasteiger partial charge in [0.25, 0.3) is 0 Å². The maximum atomic E-state index is 10.3. The van der Waals surface area contributed by atoms with Crippen molar-refractivity contribution < 1.29 is 10.2 Å². The van der Waals surface area contributed by atoms with Crippen molar-refractivity contribution in [2.45, 2.75) is 33.1 Å². The van der Waals surface area contributed by atoms with E-state index in [-0.39, 0.29) is 11.7 Å². The lowest BCUT2D eigenvalue weighted by Gasteiger charge is -2.18. The SMILES string of the molecule is CCC(C)c1c(C)c(O)c2ccccc2c1O. The molecule has 2 nitrogen and oxygen atoms in total. The Morgan fingerprint density at radius 3 is 2.12 bits per heavy atom. The molecule has 0 saturated heterocycles. The van der Waals surface area contributed by atoms with E-state index in [1.54, 1.807) is 0 Å². The van der Waals surface area contributed by atoms with Gasteiger partial charge in [-0.1, -0.05) is 38.1 Å². The molecule has 2 aromatic carbocycles. The van der Waals surface area contributed by atoms with Crippen molar-refractivity contribution in [3.8, 4) is 11.5 Å². The summed E-state index contributed by atoms with van der Waals surface area (Å²) in [4.78, 5) is 0. The predicted molar refractivity (Wildman–Crippen MR) is 70.7 cm³/mol. The average molecular weight is 230 g/mol. The number of rotatable bonds is 2. The molecule has 0 aromatic heterocycles. The minimum absolute atomic E-state index is 0.241. The maximum Gasteiger partial charge on any atom is 0.127 e. The first kappa shape index (κ1) is 11.8. The number of phenolic OH excluding ortho intramolecular Hbond substituents is 2. The number of phenols is 2. The van der Waals surface area contributed by atoms with Crippen LogP contribution in [-0.2, 0) is 0 Å². The summed E-state index contributed by atoms with van der Waals surface area (Å²) in [6.07, 6.45) is 0.937. The van der Waals surface area contributed by atoms with Crippen LogP contribution >= 0.6 is 0 Å². The topological polar surface area (TPSA) is 40.5 Å². The normalized spacial score (nSPS) is 12.9. The number of aromatic hydroxyl groups is 2. The van der Waals surface area contributed by atoms with Crippen molar-refractivity contribution in [2.24, 2.45) is 0 Å². The summed E-state index contributed by atoms with van der Waals surface area (Å²) in [5.41, 5.74) is 1.65. The first-order valence-corrected chi connectivity index (χ1v) is 6.01. The lowest BCUT2D eigenvalue weighted by atomic mass is 9.89. The van der Waals surface area contributed by atoms with E-state index in [4.69, 9.17) is 0 Å². The van der Waals surface area contributed by atoms with Crippen molar-refractivity contribution in [3.05, 3.63) is 35.4 Å². The second-order valence-electron chi connectivity index (χ2n) is 4.59. The fraction of sp³-hybridized carbons (Fsp3) is 0.333. The van der Waals surface area contributed by atoms with Gasteiger partial charge in [-0.05, 0) is 24.8 Å². The van der Waals surface area contributed by atoms with Gasteiger partial charge in [-0.25, -0.2) is 0 Å². The second-order valence-corrected chi connectivity index (χ2v) is 4.59. The van der Waals surface area contributed by atoms with E-state index in [1.165, 1.54) is 0 Å². The molecule has 1 atom stereocenters. The molecule has 0 saturated carbocycles. The van der Waals surface area contributed by atoms with Crippen LogP contribution in [-0.4, -0.2) is 10.2 Å². The number of benzene rings is 2. The van der Waals surface area contributed by atoms with Crippen molar-refractivity contribution in [1.82, 2.24) is 0 Å². The summed E-state index contributed by atoms with van der Waals surface area (Å²) in [6, 6.07) is 7.41. The van der Waals surface area contributed by atoms with E-state index in [2.05, 4.69) is 13.8 Å². The third-order valence-electron chi connectivity index (χ3n) is 3.56. The van der Waals surface area contributed by atoms with Crippen molar-refractivity contribution in [3.63, 3.8) is 0 Å². The molecule has 17 heavy (non-hydrogen) atoms. The van der Waals surface area contributed by atoms with Crippen molar-refractivity contribution >= 4 is 10.8 Å². The van der Waals surface area contributed by atoms with Gasteiger partial charge in [-0.2, -0.15) is 0 Å². The summed E-state index contributed by atoms with van der Waals surface area (Å²) in [5, 5.41) is 22.0. The molecular formula is C15H18O2. The van der Waals surface area contributed by atoms with E-state index < -0.39 is 0 Å². The van der Waals surface area contributed by atoms with Crippen LogP contribution in [0.1, 0.15) is 37.3 Å². The first-order chi connectivity index (χ1) is 8.07. The largest absolute Gasteiger partial charge is 0.507 e. The molecule has 0 spiro atoms. The molecule has 0 amide bonds. The summed E-state index contributed by atoms with van der Waals surface area (Å²) >= 11 is 0. The van der Waals surface area contributed by atoms with E-state index >= 15 is 0 Å². The number of hydrogen-bond donors (Lipinski definition) is 2. The highest BCUT2D eigenvalue weighted by Gasteiger charge is 2.18. The zero-order chi connectivity index (χ0) is 12.6. The highest BCUT2D eigenvalue weighted by Crippen LogP contribution is 2.42. The van der Waals surface area contributed by atoms with Gasteiger partial charge in [-0.3, -0.25) is 0 Å². The van der Waals surface area contributed by atoms with Gasteiger partial charge in [-0.15, -0.1) is 0 Å². The van der Waals surface area contributed by atoms with Crippen molar-refractivity contribution in [1.29, 1.82) is 0 Å². The summed E-state index contributed by atoms with van der Waals surface area (Å²) in [6.45, 7) is 6.01. The van der Waals surface area contributed by atoms with E-state index in [0.29, 0.717) is 5.75 Å². The van der Waals surface area contributed by atoms with Gasteiger partial charge >= 0.3 is 0 Å². The minimum atomic E-state index is 0.241. The quantitative estimate of drug-likeness (QED) is 0.763. The highest BCUT2D eigenvalue weighted by atomic mass is 16.3. The molecule has 0 aliphatic rings. The summed E-state index contributed by atoms with van der Waals surface area (Å²) < 4.78 is 0. The first-order valence-electron chi connectivity index (χ1n) is 6.01. The van der Waals surface area contributed by atoms with Gasteiger partial charge in [0.15, 0.2) is 0 Å². The molecule has 0 aliphatic heterocycles. The van der Waals surface area contributed by atoms with Crippen LogP contribution in [0.4, 0.5) is 0 Å². The van der Waals surface area contributed by atoms with Crippen LogP contribution in [0.3, 0.4) is 0 Å². The average Bonchev–Trinajstić information content (AvgIpc) is 2.36. The Hall–Kier alpha value is -1.70. The van der Waals surface area contributed by atoms with Gasteiger partial charge < -0.3 is 10.2 Å². The maximum absolute atomic E-state index is 10.3. The Kier molecular flexibility index (Phi) is 2.97. The minimum Gasteiger partial charge on any atom is -0.507 e. The van der Waals surface area contributed by atoms with Crippen LogP contribution in [0, 0.1) is 6.92 Å². The Bertz CT molecular complexity index is 558. The Morgan fingerprint density at radius 2 is 1.59 bits per heavy atom. The number of fused-ring (bicyclic) bond motifs is 1. The summed E-state index contributed by atoms with van der Waals surface area (Å²) in [7, 11) is 0. The van der Waals surface area contributed by atoms with Gasteiger partial charge in [0.05, 0.1) is 0 Å². The molecule has 2 aromatic rings. The third kappa shape index (κ3) is 1.74. The molecule has 2 heteroatoms. The van der Waals surface area contributed by atoms with Gasteiger partial charge in [0.1, 0.15) is 11.5 Å². The van der Waals surface area contributed by atoms with Crippen LogP contribution in [0.15, 0.2) is 24.3 Å². The van der Waals surface area contributed by atoms with Crippen molar-refractivity contribution in [2.75, 3.05) is 0 Å². The lowest BCUT2D eigenvalue weighted by Crippen LogP contribution is -1.97. The monoisotopic (exact) mass is 230 g/mol. The Labute approximate surface area is 102 Å². The van der Waals surface area contributed by atoms with E-state index in [0.717, 1.165) is 28.3 Å². The van der Waals surface area contributed by atoms with E-state index in [9.17, 15) is 10.2 Å². The van der Waals surface area contributed by atoms with Crippen LogP contribution in [0.2, 0.25) is 0 Å². The Balaban J connectivity index is 2.86. The van der Waals surface area contributed by atoms with Gasteiger partial charge in [0, 0.05) is 16.3 Å². The molecule has 2 rings (SSSR count). The lowest BCUT2D eigenvalue weighted by molar-refractivity contribution is 0.454. The molecule has 0 aliphatic carbocycles. The molecule has 0 heterocycles. The van der Waals surface area contributed by atoms with Crippen LogP contribution < -0.4 is 0 Å². The fourth-order valence-electron chi connectivity index (χ4n) is 2.36. The zero-order valence-electron chi connectivity index (χ0n) is 10.5. The third-order valence-corrected chi connectivity index (χ3v) is 3.56. The molecule has 0 fully saturated rings. The fourth-order valence-corrected chi connectivity index (χ4v) is 2.36. The molecule has 0 bridgehead atoms. The van der Waals surface area contributed by atoms with Gasteiger partial charge in [0.2, 0.25) is 0 Å². The molecular weight excluding hydrogens is 212 g/mol. The Morgan fingerprint density at radius 1 is 1.06 bits per heavy atom. The standard InChI is InChI=1S/C15H18O2/c1-4-9(2)13-10(3)14(16)11-7-5-6-8-12(11)15(13)17/h5-9,16-17H,4H2,1-3H3. The second kappa shape index (κ2) is 4.28. The zero-order valence-corrected chi connectivity index (χ0v) is 10.5. The van der Waals surface area contributed by atoms with Crippen LogP contribution in [0.5, 0.6) is 11.5 Å². The molecule has 2 N–H and O–H groups in total. The predicted octanol–water partition coefficient (Wildman–Crippen LogP) is 4.07. The molecule has 90 valence electrons. The molecule has 0 radical (unpaired) electrons. The smallest absolute Gasteiger partial charge is 0.127 e. The van der Waals surface area contributed by atoms with Crippen LogP contribution in [0.25, 0.3) is 10.8 Å².